The van der Waals surface area contributed by atoms with Crippen LogP contribution in [-0.4, -0.2) is 25.0 Å². The van der Waals surface area contributed by atoms with Crippen LogP contribution in [0.3, 0.4) is 0 Å². The van der Waals surface area contributed by atoms with Gasteiger partial charge in [0.25, 0.3) is 0 Å². The summed E-state index contributed by atoms with van der Waals surface area (Å²) in [6, 6.07) is 0. The Bertz CT molecular complexity index is 464. The zero-order chi connectivity index (χ0) is 10.8. The van der Waals surface area contributed by atoms with E-state index in [1.807, 2.05) is 0 Å². The molecule has 2 heterocycles. The molecule has 0 radical (unpaired) electrons. The second-order valence-electron chi connectivity index (χ2n) is 2.90. The molecule has 8 heteroatoms. The van der Waals surface area contributed by atoms with Crippen molar-refractivity contribution in [3.05, 3.63) is 11.8 Å². The van der Waals surface area contributed by atoms with E-state index in [1.165, 1.54) is 11.8 Å². The number of anilines is 1. The number of hydrogen-bond acceptors (Lipinski definition) is 7. The van der Waals surface area contributed by atoms with Crippen LogP contribution in [0.2, 0.25) is 0 Å². The van der Waals surface area contributed by atoms with Gasteiger partial charge in [0.05, 0.1) is 5.75 Å². The van der Waals surface area contributed by atoms with Crippen molar-refractivity contribution < 1.29 is 4.42 Å². The van der Waals surface area contributed by atoms with Crippen molar-refractivity contribution in [1.29, 1.82) is 0 Å². The standard InChI is InChI=1S/C7H10N6OS/c1-4-9-10-5(14-4)3-15-7-12-11-6(8)13(7)2/h3H2,1-2H3,(H2,8,11). The molecule has 2 N–H and O–H groups in total. The van der Waals surface area contributed by atoms with Gasteiger partial charge in [0, 0.05) is 14.0 Å². The lowest BCUT2D eigenvalue weighted by Crippen LogP contribution is -1.98. The van der Waals surface area contributed by atoms with Crippen molar-refractivity contribution in [2.75, 3.05) is 5.73 Å². The smallest absolute Gasteiger partial charge is 0.226 e. The number of nitrogens with zero attached hydrogens (tertiary/aromatic N) is 5. The Morgan fingerprint density at radius 1 is 1.33 bits per heavy atom. The fourth-order valence-electron chi connectivity index (χ4n) is 0.974. The molecule has 0 fully saturated rings. The quantitative estimate of drug-likeness (QED) is 0.756. The van der Waals surface area contributed by atoms with Crippen molar-refractivity contribution in [1.82, 2.24) is 25.0 Å². The molecule has 2 aromatic rings. The minimum atomic E-state index is 0.388. The first-order valence-electron chi connectivity index (χ1n) is 4.23. The van der Waals surface area contributed by atoms with Gasteiger partial charge < -0.3 is 10.2 Å². The Kier molecular flexibility index (Phi) is 2.58. The molecule has 0 aliphatic carbocycles. The van der Waals surface area contributed by atoms with Crippen molar-refractivity contribution in [2.45, 2.75) is 17.8 Å². The first-order chi connectivity index (χ1) is 7.16. The van der Waals surface area contributed by atoms with Gasteiger partial charge in [0.1, 0.15) is 0 Å². The van der Waals surface area contributed by atoms with Crippen molar-refractivity contribution >= 4 is 17.7 Å². The van der Waals surface area contributed by atoms with E-state index in [0.717, 1.165) is 5.16 Å². The van der Waals surface area contributed by atoms with Crippen LogP contribution in [-0.2, 0) is 12.8 Å². The van der Waals surface area contributed by atoms with Gasteiger partial charge in [-0.1, -0.05) is 11.8 Å². The fourth-order valence-corrected chi connectivity index (χ4v) is 1.73. The largest absolute Gasteiger partial charge is 0.425 e. The highest BCUT2D eigenvalue weighted by molar-refractivity contribution is 7.98. The highest BCUT2D eigenvalue weighted by Crippen LogP contribution is 2.20. The van der Waals surface area contributed by atoms with Gasteiger partial charge in [-0.05, 0) is 0 Å². The van der Waals surface area contributed by atoms with Crippen LogP contribution < -0.4 is 5.73 Å². The molecule has 2 aromatic heterocycles. The highest BCUT2D eigenvalue weighted by atomic mass is 32.2. The zero-order valence-corrected chi connectivity index (χ0v) is 9.15. The summed E-state index contributed by atoms with van der Waals surface area (Å²) in [5, 5.41) is 16.0. The van der Waals surface area contributed by atoms with Gasteiger partial charge in [-0.15, -0.1) is 20.4 Å². The van der Waals surface area contributed by atoms with Gasteiger partial charge in [-0.3, -0.25) is 4.57 Å². The van der Waals surface area contributed by atoms with E-state index in [1.54, 1.807) is 18.5 Å². The first kappa shape index (κ1) is 9.97. The van der Waals surface area contributed by atoms with Crippen LogP contribution in [0.15, 0.2) is 9.57 Å². The van der Waals surface area contributed by atoms with Crippen molar-refractivity contribution in [3.8, 4) is 0 Å². The van der Waals surface area contributed by atoms with Crippen LogP contribution in [0.4, 0.5) is 5.95 Å². The Hall–Kier alpha value is -1.57. The molecule has 0 saturated heterocycles. The van der Waals surface area contributed by atoms with Gasteiger partial charge in [0.2, 0.25) is 17.7 Å². The van der Waals surface area contributed by atoms with Gasteiger partial charge in [0.15, 0.2) is 5.16 Å². The number of nitrogens with two attached hydrogens (primary N) is 1. The topological polar surface area (TPSA) is 95.6 Å². The number of hydrogen-bond donors (Lipinski definition) is 1. The zero-order valence-electron chi connectivity index (χ0n) is 8.34. The molecule has 0 aliphatic heterocycles. The van der Waals surface area contributed by atoms with E-state index in [2.05, 4.69) is 20.4 Å². The summed E-state index contributed by atoms with van der Waals surface area (Å²) in [5.74, 6) is 2.08. The average molecular weight is 226 g/mol. The first-order valence-corrected chi connectivity index (χ1v) is 5.22. The molecular weight excluding hydrogens is 216 g/mol. The lowest BCUT2D eigenvalue weighted by Gasteiger charge is -1.97. The van der Waals surface area contributed by atoms with E-state index >= 15 is 0 Å². The molecule has 2 rings (SSSR count). The SMILES string of the molecule is Cc1nnc(CSc2nnc(N)n2C)o1. The Balaban J connectivity index is 2.02. The van der Waals surface area contributed by atoms with Crippen LogP contribution in [0, 0.1) is 6.92 Å². The lowest BCUT2D eigenvalue weighted by atomic mass is 10.8. The van der Waals surface area contributed by atoms with Crippen LogP contribution in [0.5, 0.6) is 0 Å². The minimum Gasteiger partial charge on any atom is -0.425 e. The molecule has 15 heavy (non-hydrogen) atoms. The molecule has 0 amide bonds. The second-order valence-corrected chi connectivity index (χ2v) is 3.85. The highest BCUT2D eigenvalue weighted by Gasteiger charge is 2.09. The van der Waals surface area contributed by atoms with Crippen LogP contribution in [0.25, 0.3) is 0 Å². The summed E-state index contributed by atoms with van der Waals surface area (Å²) >= 11 is 1.45. The Labute approximate surface area is 90.1 Å². The minimum absolute atomic E-state index is 0.388. The Morgan fingerprint density at radius 3 is 2.67 bits per heavy atom. The molecule has 0 saturated carbocycles. The maximum Gasteiger partial charge on any atom is 0.226 e. The third kappa shape index (κ3) is 2.09. The van der Waals surface area contributed by atoms with Gasteiger partial charge in [-0.2, -0.15) is 0 Å². The summed E-state index contributed by atoms with van der Waals surface area (Å²) in [4.78, 5) is 0. The van der Waals surface area contributed by atoms with Crippen LogP contribution in [0.1, 0.15) is 11.8 Å². The van der Waals surface area contributed by atoms with E-state index in [4.69, 9.17) is 10.2 Å². The molecule has 0 bridgehead atoms. The predicted molar refractivity (Wildman–Crippen MR) is 54.0 cm³/mol. The molecule has 7 nitrogen and oxygen atoms in total. The maximum atomic E-state index is 5.54. The molecular formula is C7H10N6OS. The number of nitrogen functional groups attached to an aromatic ring is 1. The normalized spacial score (nSPS) is 10.8. The fraction of sp³-hybridized carbons (Fsp3) is 0.429. The van der Waals surface area contributed by atoms with E-state index in [9.17, 15) is 0 Å². The molecule has 80 valence electrons. The number of thioether (sulfide) groups is 1. The summed E-state index contributed by atoms with van der Waals surface area (Å²) in [6.45, 7) is 1.75. The molecule has 0 spiro atoms. The summed E-state index contributed by atoms with van der Waals surface area (Å²) < 4.78 is 6.92. The summed E-state index contributed by atoms with van der Waals surface area (Å²) in [6.07, 6.45) is 0. The lowest BCUT2D eigenvalue weighted by molar-refractivity contribution is 0.485. The van der Waals surface area contributed by atoms with Gasteiger partial charge >= 0.3 is 0 Å². The van der Waals surface area contributed by atoms with Crippen LogP contribution >= 0.6 is 11.8 Å². The van der Waals surface area contributed by atoms with E-state index < -0.39 is 0 Å². The van der Waals surface area contributed by atoms with Gasteiger partial charge in [-0.25, -0.2) is 0 Å². The monoisotopic (exact) mass is 226 g/mol. The predicted octanol–water partition coefficient (Wildman–Crippen LogP) is 0.381. The summed E-state index contributed by atoms with van der Waals surface area (Å²) in [7, 11) is 1.80. The maximum absolute atomic E-state index is 5.54. The Morgan fingerprint density at radius 2 is 2.13 bits per heavy atom. The molecule has 0 aliphatic rings. The number of aryl methyl sites for hydroxylation is 1. The molecule has 0 unspecified atom stereocenters. The number of aromatic nitrogens is 5. The molecule has 0 aromatic carbocycles. The average Bonchev–Trinajstić information content (AvgIpc) is 2.74. The van der Waals surface area contributed by atoms with E-state index in [-0.39, 0.29) is 0 Å². The van der Waals surface area contributed by atoms with Crippen molar-refractivity contribution in [2.24, 2.45) is 7.05 Å². The third-order valence-corrected chi connectivity index (χ3v) is 2.77. The van der Waals surface area contributed by atoms with Crippen molar-refractivity contribution in [3.63, 3.8) is 0 Å². The third-order valence-electron chi connectivity index (χ3n) is 1.76. The second kappa shape index (κ2) is 3.89. The van der Waals surface area contributed by atoms with E-state index in [0.29, 0.717) is 23.5 Å². The number of rotatable bonds is 3. The summed E-state index contributed by atoms with van der Waals surface area (Å²) in [5.41, 5.74) is 5.54. The molecule has 0 atom stereocenters.